The Kier molecular flexibility index (Phi) is 8.30. The lowest BCUT2D eigenvalue weighted by Gasteiger charge is -2.27. The predicted octanol–water partition coefficient (Wildman–Crippen LogP) is 4.77. The highest BCUT2D eigenvalue weighted by Crippen LogP contribution is 2.26. The molecule has 1 amide bonds. The summed E-state index contributed by atoms with van der Waals surface area (Å²) < 4.78 is 34.0. The first-order chi connectivity index (χ1) is 17.0. The van der Waals surface area contributed by atoms with Crippen LogP contribution in [-0.2, 0) is 32.6 Å². The molecule has 0 radical (unpaired) electrons. The second kappa shape index (κ2) is 11.6. The van der Waals surface area contributed by atoms with E-state index in [4.69, 9.17) is 4.74 Å². The molecule has 6 nitrogen and oxygen atoms in total. The third-order valence-electron chi connectivity index (χ3n) is 5.72. The molecule has 35 heavy (non-hydrogen) atoms. The first-order valence-corrected chi connectivity index (χ1v) is 13.6. The van der Waals surface area contributed by atoms with Gasteiger partial charge < -0.3 is 9.64 Å². The molecule has 0 aliphatic heterocycles. The standard InChI is InChI=1S/C27H28N2O4S2/c1-33-17-16-29(35(31,32)26-15-7-12-23-11-5-6-14-25(23)26)21-27(30)28(20-24-13-8-18-34-24)19-22-9-3-2-4-10-22/h2-15,18H,16-17,19-21H2,1H3. The molecule has 0 aliphatic carbocycles. The van der Waals surface area contributed by atoms with E-state index in [9.17, 15) is 13.2 Å². The van der Waals surface area contributed by atoms with Crippen molar-refractivity contribution in [1.29, 1.82) is 0 Å². The van der Waals surface area contributed by atoms with Crippen molar-refractivity contribution in [2.75, 3.05) is 26.8 Å². The minimum atomic E-state index is -3.95. The maximum Gasteiger partial charge on any atom is 0.244 e. The third-order valence-corrected chi connectivity index (χ3v) is 8.48. The molecule has 1 aromatic heterocycles. The summed E-state index contributed by atoms with van der Waals surface area (Å²) in [5.41, 5.74) is 0.984. The number of fused-ring (bicyclic) bond motifs is 1. The zero-order valence-corrected chi connectivity index (χ0v) is 21.2. The lowest BCUT2D eigenvalue weighted by molar-refractivity contribution is -0.132. The van der Waals surface area contributed by atoms with E-state index in [1.54, 1.807) is 34.4 Å². The van der Waals surface area contributed by atoms with Gasteiger partial charge in [0.1, 0.15) is 0 Å². The van der Waals surface area contributed by atoms with Crippen LogP contribution in [0.2, 0.25) is 0 Å². The molecular weight excluding hydrogens is 480 g/mol. The van der Waals surface area contributed by atoms with E-state index in [0.717, 1.165) is 15.8 Å². The number of carbonyl (C=O) groups is 1. The fourth-order valence-corrected chi connectivity index (χ4v) is 6.22. The normalized spacial score (nSPS) is 11.7. The number of sulfonamides is 1. The Hall–Kier alpha value is -3.04. The number of rotatable bonds is 11. The number of hydrogen-bond donors (Lipinski definition) is 0. The summed E-state index contributed by atoms with van der Waals surface area (Å²) in [6, 6.07) is 26.2. The molecule has 0 bridgehead atoms. The average molecular weight is 509 g/mol. The fourth-order valence-electron chi connectivity index (χ4n) is 3.91. The fraction of sp³-hybridized carbons (Fsp3) is 0.222. The number of nitrogens with zero attached hydrogens (tertiary/aromatic N) is 2. The summed E-state index contributed by atoms with van der Waals surface area (Å²) >= 11 is 1.57. The van der Waals surface area contributed by atoms with Crippen molar-refractivity contribution in [3.05, 3.63) is 101 Å². The summed E-state index contributed by atoms with van der Waals surface area (Å²) in [6.45, 7) is 0.793. The molecule has 4 rings (SSSR count). The van der Waals surface area contributed by atoms with Crippen LogP contribution in [-0.4, -0.2) is 50.3 Å². The van der Waals surface area contributed by atoms with Crippen molar-refractivity contribution in [2.45, 2.75) is 18.0 Å². The van der Waals surface area contributed by atoms with E-state index in [2.05, 4.69) is 0 Å². The predicted molar refractivity (Wildman–Crippen MR) is 140 cm³/mol. The van der Waals surface area contributed by atoms with Gasteiger partial charge >= 0.3 is 0 Å². The molecule has 0 fully saturated rings. The summed E-state index contributed by atoms with van der Waals surface area (Å²) in [5, 5.41) is 3.43. The summed E-state index contributed by atoms with van der Waals surface area (Å²) in [5.74, 6) is -0.262. The maximum absolute atomic E-state index is 13.8. The van der Waals surface area contributed by atoms with E-state index in [-0.39, 0.29) is 30.5 Å². The van der Waals surface area contributed by atoms with Gasteiger partial charge in [0, 0.05) is 30.5 Å². The molecule has 0 aliphatic rings. The first-order valence-electron chi connectivity index (χ1n) is 11.3. The van der Waals surface area contributed by atoms with E-state index in [1.165, 1.54) is 11.4 Å². The van der Waals surface area contributed by atoms with Crippen LogP contribution in [0.15, 0.2) is 95.2 Å². The second-order valence-corrected chi connectivity index (χ2v) is 11.1. The van der Waals surface area contributed by atoms with Crippen LogP contribution in [0, 0.1) is 0 Å². The van der Waals surface area contributed by atoms with Gasteiger partial charge in [-0.2, -0.15) is 4.31 Å². The number of hydrogen-bond acceptors (Lipinski definition) is 5. The summed E-state index contributed by atoms with van der Waals surface area (Å²) in [6.07, 6.45) is 0. The smallest absolute Gasteiger partial charge is 0.244 e. The van der Waals surface area contributed by atoms with Crippen molar-refractivity contribution >= 4 is 38.0 Å². The van der Waals surface area contributed by atoms with Crippen LogP contribution >= 0.6 is 11.3 Å². The van der Waals surface area contributed by atoms with Crippen LogP contribution in [0.25, 0.3) is 10.8 Å². The number of thiophene rings is 1. The average Bonchev–Trinajstić information content (AvgIpc) is 3.39. The van der Waals surface area contributed by atoms with Gasteiger partial charge in [-0.3, -0.25) is 4.79 Å². The van der Waals surface area contributed by atoms with Gasteiger partial charge in [0.25, 0.3) is 0 Å². The van der Waals surface area contributed by atoms with Crippen LogP contribution in [0.5, 0.6) is 0 Å². The minimum Gasteiger partial charge on any atom is -0.383 e. The number of amides is 1. The van der Waals surface area contributed by atoms with Gasteiger partial charge in [-0.1, -0.05) is 72.8 Å². The lowest BCUT2D eigenvalue weighted by Crippen LogP contribution is -2.43. The molecule has 0 unspecified atom stereocenters. The lowest BCUT2D eigenvalue weighted by atomic mass is 10.1. The van der Waals surface area contributed by atoms with Gasteiger partial charge in [0.05, 0.1) is 24.6 Å². The molecular formula is C27H28N2O4S2. The molecule has 4 aromatic rings. The Labute approximate surface area is 210 Å². The molecule has 0 N–H and O–H groups in total. The number of ether oxygens (including phenoxy) is 1. The molecule has 0 spiro atoms. The Balaban J connectivity index is 1.64. The largest absolute Gasteiger partial charge is 0.383 e. The third kappa shape index (κ3) is 6.15. The molecule has 182 valence electrons. The maximum atomic E-state index is 13.8. The Morgan fingerprint density at radius 2 is 1.63 bits per heavy atom. The minimum absolute atomic E-state index is 0.0754. The SMILES string of the molecule is COCCN(CC(=O)N(Cc1ccccc1)Cc1cccs1)S(=O)(=O)c1cccc2ccccc12. The quantitative estimate of drug-likeness (QED) is 0.293. The van der Waals surface area contributed by atoms with Crippen LogP contribution < -0.4 is 0 Å². The van der Waals surface area contributed by atoms with Crippen LogP contribution in [0.4, 0.5) is 0 Å². The van der Waals surface area contributed by atoms with E-state index in [1.807, 2.05) is 72.1 Å². The van der Waals surface area contributed by atoms with E-state index in [0.29, 0.717) is 18.5 Å². The van der Waals surface area contributed by atoms with Crippen molar-refractivity contribution in [3.63, 3.8) is 0 Å². The highest BCUT2D eigenvalue weighted by Gasteiger charge is 2.30. The van der Waals surface area contributed by atoms with Gasteiger partial charge in [0.2, 0.25) is 15.9 Å². The summed E-state index contributed by atoms with van der Waals surface area (Å²) in [7, 11) is -2.44. The van der Waals surface area contributed by atoms with E-state index >= 15 is 0 Å². The molecule has 1 heterocycles. The van der Waals surface area contributed by atoms with Crippen molar-refractivity contribution in [1.82, 2.24) is 9.21 Å². The Morgan fingerprint density at radius 1 is 0.886 bits per heavy atom. The highest BCUT2D eigenvalue weighted by atomic mass is 32.2. The zero-order valence-electron chi connectivity index (χ0n) is 19.5. The highest BCUT2D eigenvalue weighted by molar-refractivity contribution is 7.89. The van der Waals surface area contributed by atoms with Gasteiger partial charge in [-0.25, -0.2) is 8.42 Å². The zero-order chi connectivity index (χ0) is 24.7. The van der Waals surface area contributed by atoms with Crippen LogP contribution in [0.1, 0.15) is 10.4 Å². The molecule has 8 heteroatoms. The van der Waals surface area contributed by atoms with Crippen molar-refractivity contribution in [3.8, 4) is 0 Å². The van der Waals surface area contributed by atoms with Gasteiger partial charge in [0.15, 0.2) is 0 Å². The molecule has 0 saturated carbocycles. The van der Waals surface area contributed by atoms with Crippen LogP contribution in [0.3, 0.4) is 0 Å². The molecule has 0 saturated heterocycles. The van der Waals surface area contributed by atoms with Gasteiger partial charge in [-0.15, -0.1) is 11.3 Å². The van der Waals surface area contributed by atoms with Gasteiger partial charge in [-0.05, 0) is 28.5 Å². The van der Waals surface area contributed by atoms with Crippen molar-refractivity contribution in [2.24, 2.45) is 0 Å². The monoisotopic (exact) mass is 508 g/mol. The van der Waals surface area contributed by atoms with E-state index < -0.39 is 10.0 Å². The number of carbonyl (C=O) groups excluding carboxylic acids is 1. The number of benzene rings is 3. The number of methoxy groups -OCH3 is 1. The Morgan fingerprint density at radius 3 is 2.37 bits per heavy atom. The first kappa shape index (κ1) is 25.1. The molecule has 0 atom stereocenters. The second-order valence-electron chi connectivity index (χ2n) is 8.12. The summed E-state index contributed by atoms with van der Waals surface area (Å²) in [4.78, 5) is 16.5. The van der Waals surface area contributed by atoms with Crippen molar-refractivity contribution < 1.29 is 17.9 Å². The molecule has 3 aromatic carbocycles. The topological polar surface area (TPSA) is 66.9 Å². The Bertz CT molecular complexity index is 1350.